The summed E-state index contributed by atoms with van der Waals surface area (Å²) in [5.74, 6) is 0.178. The van der Waals surface area contributed by atoms with Crippen molar-refractivity contribution in [3.8, 4) is 46.2 Å². The molecule has 0 unspecified atom stereocenters. The molecule has 10 nitrogen and oxygen atoms in total. The molecule has 0 amide bonds. The SMILES string of the molecule is COc1cc(-c2c(C#N)c(N)[nH]c(=O)c2C#N)ccc1Oc1cnn(-c2ccccc2)c(=O)c1Cl. The number of nitriles is 2. The van der Waals surface area contributed by atoms with E-state index in [1.165, 1.54) is 31.5 Å². The largest absolute Gasteiger partial charge is 0.493 e. The van der Waals surface area contributed by atoms with Crippen molar-refractivity contribution in [3.63, 3.8) is 0 Å². The number of ether oxygens (including phenoxy) is 2. The number of nitrogens with one attached hydrogen (secondary N) is 1. The highest BCUT2D eigenvalue weighted by Crippen LogP contribution is 2.38. The Morgan fingerprint density at radius 1 is 1.03 bits per heavy atom. The first-order valence-corrected chi connectivity index (χ1v) is 10.3. The standard InChI is InChI=1S/C24H15ClN6O4/c1-34-18-9-13(20-15(10-26)22(28)30-23(32)16(20)11-27)7-8-17(18)35-19-12-29-31(24(33)21(19)25)14-5-3-2-4-6-14/h2-9,12H,1H3,(H3,28,30,32). The number of pyridine rings is 1. The average Bonchev–Trinajstić information content (AvgIpc) is 2.87. The van der Waals surface area contributed by atoms with Gasteiger partial charge in [0.15, 0.2) is 22.3 Å². The first-order valence-electron chi connectivity index (χ1n) is 9.95. The Bertz CT molecular complexity index is 1650. The minimum absolute atomic E-state index is 0.00859. The molecule has 0 radical (unpaired) electrons. The van der Waals surface area contributed by atoms with E-state index < -0.39 is 11.1 Å². The second-order valence-corrected chi connectivity index (χ2v) is 7.44. The molecule has 172 valence electrons. The van der Waals surface area contributed by atoms with Crippen LogP contribution in [0.1, 0.15) is 11.1 Å². The predicted octanol–water partition coefficient (Wildman–Crippen LogP) is 3.37. The van der Waals surface area contributed by atoms with Crippen molar-refractivity contribution in [1.29, 1.82) is 10.5 Å². The summed E-state index contributed by atoms with van der Waals surface area (Å²) in [6, 6.07) is 16.9. The zero-order valence-electron chi connectivity index (χ0n) is 18.1. The maximum atomic E-state index is 12.7. The number of halogens is 1. The predicted molar refractivity (Wildman–Crippen MR) is 128 cm³/mol. The van der Waals surface area contributed by atoms with E-state index in [0.29, 0.717) is 11.3 Å². The van der Waals surface area contributed by atoms with E-state index in [0.717, 1.165) is 4.68 Å². The molecule has 0 spiro atoms. The van der Waals surface area contributed by atoms with E-state index in [4.69, 9.17) is 26.8 Å². The van der Waals surface area contributed by atoms with Gasteiger partial charge in [0, 0.05) is 5.56 Å². The van der Waals surface area contributed by atoms with E-state index in [9.17, 15) is 20.1 Å². The van der Waals surface area contributed by atoms with Gasteiger partial charge in [0.05, 0.1) is 19.0 Å². The van der Waals surface area contributed by atoms with E-state index in [1.807, 2.05) is 12.1 Å². The van der Waals surface area contributed by atoms with Gasteiger partial charge in [-0.3, -0.25) is 9.59 Å². The Labute approximate surface area is 203 Å². The van der Waals surface area contributed by atoms with Crippen LogP contribution < -0.4 is 26.3 Å². The van der Waals surface area contributed by atoms with Crippen LogP contribution >= 0.6 is 11.6 Å². The fraction of sp³-hybridized carbons (Fsp3) is 0.0417. The molecule has 3 N–H and O–H groups in total. The van der Waals surface area contributed by atoms with Gasteiger partial charge in [-0.15, -0.1) is 0 Å². The summed E-state index contributed by atoms with van der Waals surface area (Å²) in [6.07, 6.45) is 1.29. The Morgan fingerprint density at radius 3 is 2.40 bits per heavy atom. The molecule has 0 bridgehead atoms. The third-order valence-electron chi connectivity index (χ3n) is 5.03. The Kier molecular flexibility index (Phi) is 6.23. The molecule has 4 rings (SSSR count). The number of methoxy groups -OCH3 is 1. The minimum Gasteiger partial charge on any atom is -0.493 e. The lowest BCUT2D eigenvalue weighted by Crippen LogP contribution is -2.21. The summed E-state index contributed by atoms with van der Waals surface area (Å²) < 4.78 is 12.3. The van der Waals surface area contributed by atoms with Gasteiger partial charge in [-0.2, -0.15) is 20.3 Å². The van der Waals surface area contributed by atoms with Crippen molar-refractivity contribution in [2.45, 2.75) is 0 Å². The van der Waals surface area contributed by atoms with Crippen LogP contribution in [0.4, 0.5) is 5.82 Å². The van der Waals surface area contributed by atoms with Crippen LogP contribution in [-0.4, -0.2) is 21.9 Å². The summed E-state index contributed by atoms with van der Waals surface area (Å²) >= 11 is 6.27. The summed E-state index contributed by atoms with van der Waals surface area (Å²) in [5.41, 5.74) is 5.06. The van der Waals surface area contributed by atoms with Gasteiger partial charge in [0.2, 0.25) is 0 Å². The Hall–Kier alpha value is -5.06. The highest BCUT2D eigenvalue weighted by Gasteiger charge is 2.20. The number of anilines is 1. The number of rotatable bonds is 5. The van der Waals surface area contributed by atoms with Crippen LogP contribution in [0.2, 0.25) is 5.02 Å². The van der Waals surface area contributed by atoms with Crippen molar-refractivity contribution in [2.24, 2.45) is 0 Å². The van der Waals surface area contributed by atoms with Crippen LogP contribution in [-0.2, 0) is 0 Å². The average molecular weight is 487 g/mol. The van der Waals surface area contributed by atoms with Crippen LogP contribution in [0.15, 0.2) is 64.3 Å². The number of aromatic nitrogens is 3. The van der Waals surface area contributed by atoms with Crippen LogP contribution in [0.3, 0.4) is 0 Å². The quantitative estimate of drug-likeness (QED) is 0.434. The lowest BCUT2D eigenvalue weighted by atomic mass is 9.96. The molecular formula is C24H15ClN6O4. The highest BCUT2D eigenvalue weighted by molar-refractivity contribution is 6.31. The maximum Gasteiger partial charge on any atom is 0.294 e. The summed E-state index contributed by atoms with van der Waals surface area (Å²) in [5, 5.41) is 22.9. The molecule has 2 aromatic carbocycles. The molecular weight excluding hydrogens is 472 g/mol. The highest BCUT2D eigenvalue weighted by atomic mass is 35.5. The van der Waals surface area contributed by atoms with Crippen molar-refractivity contribution < 1.29 is 9.47 Å². The first kappa shape index (κ1) is 23.1. The first-order chi connectivity index (χ1) is 16.9. The van der Waals surface area contributed by atoms with E-state index in [-0.39, 0.29) is 44.8 Å². The fourth-order valence-corrected chi connectivity index (χ4v) is 3.57. The molecule has 0 aliphatic rings. The summed E-state index contributed by atoms with van der Waals surface area (Å²) in [6.45, 7) is 0. The molecule has 2 heterocycles. The number of nitrogen functional groups attached to an aromatic ring is 1. The van der Waals surface area contributed by atoms with Crippen molar-refractivity contribution in [1.82, 2.24) is 14.8 Å². The third kappa shape index (κ3) is 4.17. The fourth-order valence-electron chi connectivity index (χ4n) is 3.40. The number of hydrogen-bond donors (Lipinski definition) is 2. The smallest absolute Gasteiger partial charge is 0.294 e. The van der Waals surface area contributed by atoms with Gasteiger partial charge in [0.25, 0.3) is 11.1 Å². The minimum atomic E-state index is -0.727. The molecule has 0 saturated heterocycles. The molecule has 4 aromatic rings. The zero-order valence-corrected chi connectivity index (χ0v) is 18.8. The lowest BCUT2D eigenvalue weighted by Gasteiger charge is -2.14. The van der Waals surface area contributed by atoms with Crippen molar-refractivity contribution >= 4 is 17.4 Å². The number of H-pyrrole nitrogens is 1. The monoisotopic (exact) mass is 486 g/mol. The number of nitrogens with two attached hydrogens (primary N) is 1. The third-order valence-corrected chi connectivity index (χ3v) is 5.38. The number of nitrogens with zero attached hydrogens (tertiary/aromatic N) is 4. The molecule has 0 saturated carbocycles. The Balaban J connectivity index is 1.78. The van der Waals surface area contributed by atoms with Gasteiger partial charge in [-0.25, -0.2) is 0 Å². The number of hydrogen-bond acceptors (Lipinski definition) is 8. The van der Waals surface area contributed by atoms with Gasteiger partial charge in [-0.05, 0) is 29.8 Å². The molecule has 0 atom stereocenters. The van der Waals surface area contributed by atoms with Crippen molar-refractivity contribution in [3.05, 3.63) is 91.6 Å². The topological polar surface area (TPSA) is 160 Å². The molecule has 0 fully saturated rings. The molecule has 2 aromatic heterocycles. The van der Waals surface area contributed by atoms with Crippen molar-refractivity contribution in [2.75, 3.05) is 12.8 Å². The van der Waals surface area contributed by atoms with Crippen LogP contribution in [0, 0.1) is 22.7 Å². The van der Waals surface area contributed by atoms with Crippen LogP contribution in [0.5, 0.6) is 17.2 Å². The molecule has 0 aliphatic heterocycles. The molecule has 0 aliphatic carbocycles. The molecule has 35 heavy (non-hydrogen) atoms. The number of para-hydroxylation sites is 1. The lowest BCUT2D eigenvalue weighted by molar-refractivity contribution is 0.378. The second-order valence-electron chi connectivity index (χ2n) is 7.06. The van der Waals surface area contributed by atoms with E-state index >= 15 is 0 Å². The van der Waals surface area contributed by atoms with E-state index in [2.05, 4.69) is 10.1 Å². The maximum absolute atomic E-state index is 12.7. The van der Waals surface area contributed by atoms with Gasteiger partial charge >= 0.3 is 0 Å². The summed E-state index contributed by atoms with van der Waals surface area (Å²) in [7, 11) is 1.38. The number of aromatic amines is 1. The van der Waals surface area contributed by atoms with E-state index in [1.54, 1.807) is 30.3 Å². The molecule has 11 heteroatoms. The number of benzene rings is 2. The second kappa shape index (κ2) is 9.43. The Morgan fingerprint density at radius 2 is 1.74 bits per heavy atom. The van der Waals surface area contributed by atoms with Gasteiger partial charge in [0.1, 0.15) is 29.1 Å². The normalized spacial score (nSPS) is 10.3. The van der Waals surface area contributed by atoms with Gasteiger partial charge in [-0.1, -0.05) is 35.9 Å². The van der Waals surface area contributed by atoms with Gasteiger partial charge < -0.3 is 20.2 Å². The summed E-state index contributed by atoms with van der Waals surface area (Å²) in [4.78, 5) is 27.2. The zero-order chi connectivity index (χ0) is 25.1. The van der Waals surface area contributed by atoms with Crippen LogP contribution in [0.25, 0.3) is 16.8 Å².